The van der Waals surface area contributed by atoms with Crippen molar-refractivity contribution in [3.63, 3.8) is 0 Å². The van der Waals surface area contributed by atoms with Gasteiger partial charge in [0.25, 0.3) is 0 Å². The zero-order valence-corrected chi connectivity index (χ0v) is 12.6. The van der Waals surface area contributed by atoms with Crippen molar-refractivity contribution in [1.29, 1.82) is 0 Å². The smallest absolute Gasteiger partial charge is 0.326 e. The summed E-state index contributed by atoms with van der Waals surface area (Å²) in [6.45, 7) is 4.43. The molecule has 21 heavy (non-hydrogen) atoms. The van der Waals surface area contributed by atoms with Crippen LogP contribution in [0.1, 0.15) is 20.3 Å². The Morgan fingerprint density at radius 3 is 2.57 bits per heavy atom. The van der Waals surface area contributed by atoms with E-state index >= 15 is 0 Å². The number of hydrogen-bond donors (Lipinski definition) is 3. The molecule has 8 heteroatoms. The molecule has 1 unspecified atom stereocenters. The van der Waals surface area contributed by atoms with E-state index in [9.17, 15) is 14.4 Å². The first kappa shape index (κ1) is 17.2. The molecule has 3 amide bonds. The molecule has 0 spiro atoms. The van der Waals surface area contributed by atoms with Crippen LogP contribution in [0.25, 0.3) is 0 Å². The second-order valence-corrected chi connectivity index (χ2v) is 5.37. The third kappa shape index (κ3) is 4.89. The van der Waals surface area contributed by atoms with E-state index in [0.29, 0.717) is 13.0 Å². The Morgan fingerprint density at radius 1 is 1.38 bits per heavy atom. The van der Waals surface area contributed by atoms with Crippen LogP contribution >= 0.6 is 0 Å². The van der Waals surface area contributed by atoms with Crippen molar-refractivity contribution < 1.29 is 24.2 Å². The van der Waals surface area contributed by atoms with Crippen molar-refractivity contribution >= 4 is 17.9 Å². The summed E-state index contributed by atoms with van der Waals surface area (Å²) in [5, 5.41) is 14.1. The highest BCUT2D eigenvalue weighted by molar-refractivity contribution is 5.89. The molecular weight excluding hydrogens is 278 g/mol. The summed E-state index contributed by atoms with van der Waals surface area (Å²) in [4.78, 5) is 36.5. The van der Waals surface area contributed by atoms with E-state index in [1.807, 2.05) is 13.8 Å². The van der Waals surface area contributed by atoms with Gasteiger partial charge in [0.1, 0.15) is 12.1 Å². The van der Waals surface area contributed by atoms with Crippen molar-refractivity contribution in [3.05, 3.63) is 0 Å². The molecule has 8 nitrogen and oxygen atoms in total. The van der Waals surface area contributed by atoms with E-state index in [-0.39, 0.29) is 25.0 Å². The van der Waals surface area contributed by atoms with E-state index in [2.05, 4.69) is 10.6 Å². The standard InChI is InChI=1S/C13H23N3O5/c1-8(2)6-9(12(18)19)15-13(20)16-4-5-21-7-10(16)11(17)14-3/h8-10H,4-7H2,1-3H3,(H,14,17)(H,15,20)(H,18,19)/t9-,10?/m1/s1. The predicted molar refractivity (Wildman–Crippen MR) is 74.8 cm³/mol. The molecule has 1 aliphatic rings. The maximum absolute atomic E-state index is 12.2. The largest absolute Gasteiger partial charge is 0.480 e. The Labute approximate surface area is 123 Å². The number of nitrogens with zero attached hydrogens (tertiary/aromatic N) is 1. The summed E-state index contributed by atoms with van der Waals surface area (Å²) >= 11 is 0. The maximum atomic E-state index is 12.2. The van der Waals surface area contributed by atoms with Crippen LogP contribution in [0.15, 0.2) is 0 Å². The Morgan fingerprint density at radius 2 is 2.05 bits per heavy atom. The van der Waals surface area contributed by atoms with E-state index in [0.717, 1.165) is 0 Å². The van der Waals surface area contributed by atoms with Crippen LogP contribution in [-0.2, 0) is 14.3 Å². The number of rotatable bonds is 5. The number of hydrogen-bond acceptors (Lipinski definition) is 4. The number of aliphatic carboxylic acids is 1. The highest BCUT2D eigenvalue weighted by Gasteiger charge is 2.34. The molecule has 0 saturated carbocycles. The number of nitrogens with one attached hydrogen (secondary N) is 2. The molecule has 120 valence electrons. The van der Waals surface area contributed by atoms with E-state index in [1.54, 1.807) is 0 Å². The second-order valence-electron chi connectivity index (χ2n) is 5.37. The zero-order valence-electron chi connectivity index (χ0n) is 12.6. The second kappa shape index (κ2) is 7.82. The van der Waals surface area contributed by atoms with Crippen LogP contribution in [0.4, 0.5) is 4.79 Å². The van der Waals surface area contributed by atoms with Crippen molar-refractivity contribution in [1.82, 2.24) is 15.5 Å². The van der Waals surface area contributed by atoms with Crippen molar-refractivity contribution in [2.24, 2.45) is 5.92 Å². The first-order chi connectivity index (χ1) is 9.86. The lowest BCUT2D eigenvalue weighted by Crippen LogP contribution is -2.59. The number of morpholine rings is 1. The molecule has 1 heterocycles. The number of amides is 3. The molecule has 0 aromatic carbocycles. The van der Waals surface area contributed by atoms with Crippen molar-refractivity contribution in [3.8, 4) is 0 Å². The van der Waals surface area contributed by atoms with Gasteiger partial charge in [0.2, 0.25) is 5.91 Å². The average Bonchev–Trinajstić information content (AvgIpc) is 2.45. The molecule has 1 fully saturated rings. The number of carboxylic acid groups (broad SMARTS) is 1. The van der Waals surface area contributed by atoms with Gasteiger partial charge in [-0.25, -0.2) is 9.59 Å². The molecular formula is C13H23N3O5. The lowest BCUT2D eigenvalue weighted by Gasteiger charge is -2.35. The number of ether oxygens (including phenoxy) is 1. The van der Waals surface area contributed by atoms with Crippen LogP contribution in [0, 0.1) is 5.92 Å². The fraction of sp³-hybridized carbons (Fsp3) is 0.769. The molecule has 1 rings (SSSR count). The fourth-order valence-electron chi connectivity index (χ4n) is 2.16. The minimum atomic E-state index is -1.08. The van der Waals surface area contributed by atoms with Crippen LogP contribution in [0.5, 0.6) is 0 Å². The molecule has 0 bridgehead atoms. The van der Waals surface area contributed by atoms with Gasteiger partial charge in [0.05, 0.1) is 13.2 Å². The Hall–Kier alpha value is -1.83. The van der Waals surface area contributed by atoms with Crippen LogP contribution in [-0.4, -0.2) is 66.8 Å². The molecule has 1 aliphatic heterocycles. The number of likely N-dealkylation sites (N-methyl/N-ethyl adjacent to an activating group) is 1. The summed E-state index contributed by atoms with van der Waals surface area (Å²) in [5.74, 6) is -1.28. The van der Waals surface area contributed by atoms with E-state index in [4.69, 9.17) is 9.84 Å². The summed E-state index contributed by atoms with van der Waals surface area (Å²) in [7, 11) is 1.48. The highest BCUT2D eigenvalue weighted by Crippen LogP contribution is 2.10. The first-order valence-electron chi connectivity index (χ1n) is 6.96. The predicted octanol–water partition coefficient (Wildman–Crippen LogP) is -0.358. The molecule has 0 aliphatic carbocycles. The number of carboxylic acids is 1. The van der Waals surface area contributed by atoms with Crippen molar-refractivity contribution in [2.45, 2.75) is 32.4 Å². The van der Waals surface area contributed by atoms with Crippen LogP contribution < -0.4 is 10.6 Å². The molecule has 3 N–H and O–H groups in total. The Balaban J connectivity index is 2.74. The number of urea groups is 1. The van der Waals surface area contributed by atoms with Gasteiger partial charge >= 0.3 is 12.0 Å². The van der Waals surface area contributed by atoms with Gasteiger partial charge in [-0.15, -0.1) is 0 Å². The minimum absolute atomic E-state index is 0.106. The maximum Gasteiger partial charge on any atom is 0.326 e. The molecule has 0 aromatic heterocycles. The molecule has 2 atom stereocenters. The topological polar surface area (TPSA) is 108 Å². The van der Waals surface area contributed by atoms with Gasteiger partial charge in [0, 0.05) is 13.6 Å². The lowest BCUT2D eigenvalue weighted by molar-refractivity contribution is -0.139. The molecule has 1 saturated heterocycles. The van der Waals surface area contributed by atoms with Gasteiger partial charge in [-0.1, -0.05) is 13.8 Å². The normalized spacial score (nSPS) is 20.0. The monoisotopic (exact) mass is 301 g/mol. The average molecular weight is 301 g/mol. The quantitative estimate of drug-likeness (QED) is 0.643. The summed E-state index contributed by atoms with van der Waals surface area (Å²) in [5.41, 5.74) is 0. The van der Waals surface area contributed by atoms with E-state index < -0.39 is 24.1 Å². The van der Waals surface area contributed by atoms with Crippen LogP contribution in [0.3, 0.4) is 0 Å². The van der Waals surface area contributed by atoms with Gasteiger partial charge in [-0.2, -0.15) is 0 Å². The first-order valence-corrected chi connectivity index (χ1v) is 6.96. The van der Waals surface area contributed by atoms with Gasteiger partial charge in [0.15, 0.2) is 0 Å². The molecule has 0 aromatic rings. The number of carbonyl (C=O) groups excluding carboxylic acids is 2. The highest BCUT2D eigenvalue weighted by atomic mass is 16.5. The Kier molecular flexibility index (Phi) is 6.41. The van der Waals surface area contributed by atoms with Gasteiger partial charge in [-0.3, -0.25) is 4.79 Å². The van der Waals surface area contributed by atoms with Crippen molar-refractivity contribution in [2.75, 3.05) is 26.8 Å². The summed E-state index contributed by atoms with van der Waals surface area (Å²) in [6.07, 6.45) is 0.329. The molecule has 0 radical (unpaired) electrons. The third-order valence-corrected chi connectivity index (χ3v) is 3.24. The SMILES string of the molecule is CNC(=O)C1COCCN1C(=O)N[C@H](CC(C)C)C(=O)O. The third-order valence-electron chi connectivity index (χ3n) is 3.24. The number of carbonyl (C=O) groups is 3. The summed E-state index contributed by atoms with van der Waals surface area (Å²) in [6, 6.07) is -2.26. The minimum Gasteiger partial charge on any atom is -0.480 e. The fourth-order valence-corrected chi connectivity index (χ4v) is 2.16. The summed E-state index contributed by atoms with van der Waals surface area (Å²) < 4.78 is 5.20. The van der Waals surface area contributed by atoms with E-state index in [1.165, 1.54) is 11.9 Å². The Bertz CT molecular complexity index is 399. The zero-order chi connectivity index (χ0) is 16.0. The van der Waals surface area contributed by atoms with Gasteiger partial charge in [-0.05, 0) is 12.3 Å². The van der Waals surface area contributed by atoms with Gasteiger partial charge < -0.3 is 25.4 Å². The van der Waals surface area contributed by atoms with Crippen LogP contribution in [0.2, 0.25) is 0 Å². The lowest BCUT2D eigenvalue weighted by atomic mass is 10.0.